The second-order valence-electron chi connectivity index (χ2n) is 6.12. The summed E-state index contributed by atoms with van der Waals surface area (Å²) < 4.78 is 1.05. The van der Waals surface area contributed by atoms with Crippen LogP contribution >= 0.6 is 39.1 Å². The first-order valence-electron chi connectivity index (χ1n) is 8.24. The minimum atomic E-state index is 0.0748. The fourth-order valence-electron chi connectivity index (χ4n) is 3.15. The molecule has 0 unspecified atom stereocenters. The van der Waals surface area contributed by atoms with Crippen LogP contribution in [-0.4, -0.2) is 5.71 Å². The SMILES string of the molecule is Clc1ccc(Cl)c(N2N=C(c3ccc(Br)cc3)C[C@@H]2c2ccccc2)c1. The van der Waals surface area contributed by atoms with Gasteiger partial charge in [0, 0.05) is 15.9 Å². The quantitative estimate of drug-likeness (QED) is 0.419. The molecule has 1 atom stereocenters. The molecule has 5 heteroatoms. The Morgan fingerprint density at radius 1 is 0.923 bits per heavy atom. The first-order valence-corrected chi connectivity index (χ1v) is 9.79. The van der Waals surface area contributed by atoms with Crippen molar-refractivity contribution < 1.29 is 0 Å². The summed E-state index contributed by atoms with van der Waals surface area (Å²) in [6.45, 7) is 0. The highest BCUT2D eigenvalue weighted by atomic mass is 79.9. The molecule has 26 heavy (non-hydrogen) atoms. The Kier molecular flexibility index (Phi) is 5.03. The van der Waals surface area contributed by atoms with E-state index in [4.69, 9.17) is 28.3 Å². The second kappa shape index (κ2) is 7.43. The molecular formula is C21H15BrCl2N2. The molecule has 0 N–H and O–H groups in total. The van der Waals surface area contributed by atoms with Crippen LogP contribution in [0.25, 0.3) is 0 Å². The lowest BCUT2D eigenvalue weighted by molar-refractivity contribution is 0.709. The van der Waals surface area contributed by atoms with E-state index in [2.05, 4.69) is 40.2 Å². The molecule has 4 rings (SSSR count). The highest BCUT2D eigenvalue weighted by Crippen LogP contribution is 2.40. The van der Waals surface area contributed by atoms with E-state index >= 15 is 0 Å². The molecule has 0 bridgehead atoms. The van der Waals surface area contributed by atoms with Crippen molar-refractivity contribution in [3.8, 4) is 0 Å². The van der Waals surface area contributed by atoms with Crippen LogP contribution in [0.3, 0.4) is 0 Å². The molecule has 130 valence electrons. The fraction of sp³-hybridized carbons (Fsp3) is 0.0952. The molecule has 0 saturated heterocycles. The van der Waals surface area contributed by atoms with Crippen LogP contribution in [-0.2, 0) is 0 Å². The van der Waals surface area contributed by atoms with Crippen molar-refractivity contribution >= 4 is 50.5 Å². The van der Waals surface area contributed by atoms with Crippen LogP contribution in [0.15, 0.2) is 82.4 Å². The minimum Gasteiger partial charge on any atom is -0.256 e. The number of benzene rings is 3. The summed E-state index contributed by atoms with van der Waals surface area (Å²) in [5.41, 5.74) is 4.15. The molecule has 3 aromatic carbocycles. The van der Waals surface area contributed by atoms with Crippen molar-refractivity contribution in [3.05, 3.63) is 98.4 Å². The molecule has 0 amide bonds. The number of hydrazone groups is 1. The Hall–Kier alpha value is -1.81. The van der Waals surface area contributed by atoms with Gasteiger partial charge in [0.25, 0.3) is 0 Å². The van der Waals surface area contributed by atoms with Gasteiger partial charge in [-0.25, -0.2) is 0 Å². The molecule has 3 aromatic rings. The van der Waals surface area contributed by atoms with Gasteiger partial charge in [-0.15, -0.1) is 0 Å². The van der Waals surface area contributed by atoms with Crippen LogP contribution in [0.4, 0.5) is 5.69 Å². The smallest absolute Gasteiger partial charge is 0.0832 e. The van der Waals surface area contributed by atoms with Gasteiger partial charge < -0.3 is 0 Å². The van der Waals surface area contributed by atoms with Crippen molar-refractivity contribution in [1.29, 1.82) is 0 Å². The van der Waals surface area contributed by atoms with Gasteiger partial charge in [-0.05, 0) is 41.5 Å². The minimum absolute atomic E-state index is 0.0748. The number of hydrogen-bond donors (Lipinski definition) is 0. The van der Waals surface area contributed by atoms with E-state index in [1.54, 1.807) is 6.07 Å². The van der Waals surface area contributed by atoms with Gasteiger partial charge in [0.05, 0.1) is 22.5 Å². The maximum atomic E-state index is 6.47. The molecule has 0 spiro atoms. The van der Waals surface area contributed by atoms with E-state index in [0.29, 0.717) is 10.0 Å². The standard InChI is InChI=1S/C21H15BrCl2N2/c22-16-8-6-14(7-9-16)19-13-20(15-4-2-1-3-5-15)26(25-19)21-12-17(23)10-11-18(21)24/h1-12,20H,13H2/t20-/m1/s1. The highest BCUT2D eigenvalue weighted by molar-refractivity contribution is 9.10. The third-order valence-electron chi connectivity index (χ3n) is 4.43. The van der Waals surface area contributed by atoms with Gasteiger partial charge in [-0.1, -0.05) is 81.6 Å². The van der Waals surface area contributed by atoms with Crippen molar-refractivity contribution in [2.24, 2.45) is 5.10 Å². The summed E-state index contributed by atoms with van der Waals surface area (Å²) in [7, 11) is 0. The molecule has 1 aliphatic rings. The van der Waals surface area contributed by atoms with Gasteiger partial charge in [0.15, 0.2) is 0 Å². The van der Waals surface area contributed by atoms with Gasteiger partial charge >= 0.3 is 0 Å². The maximum absolute atomic E-state index is 6.47. The average molecular weight is 446 g/mol. The zero-order valence-electron chi connectivity index (χ0n) is 13.7. The van der Waals surface area contributed by atoms with E-state index in [0.717, 1.165) is 27.9 Å². The van der Waals surface area contributed by atoms with Crippen molar-refractivity contribution in [2.45, 2.75) is 12.5 Å². The number of anilines is 1. The summed E-state index contributed by atoms with van der Waals surface area (Å²) in [5, 5.41) is 8.17. The third-order valence-corrected chi connectivity index (χ3v) is 5.51. The zero-order valence-corrected chi connectivity index (χ0v) is 16.8. The zero-order chi connectivity index (χ0) is 18.1. The van der Waals surface area contributed by atoms with E-state index in [-0.39, 0.29) is 6.04 Å². The molecule has 1 aliphatic heterocycles. The summed E-state index contributed by atoms with van der Waals surface area (Å²) in [4.78, 5) is 0. The van der Waals surface area contributed by atoms with Gasteiger partial charge in [-0.2, -0.15) is 5.10 Å². The molecular weight excluding hydrogens is 431 g/mol. The van der Waals surface area contributed by atoms with E-state index in [1.165, 1.54) is 5.56 Å². The molecule has 0 radical (unpaired) electrons. The topological polar surface area (TPSA) is 15.6 Å². The van der Waals surface area contributed by atoms with Crippen molar-refractivity contribution in [3.63, 3.8) is 0 Å². The predicted molar refractivity (Wildman–Crippen MR) is 113 cm³/mol. The molecule has 0 aliphatic carbocycles. The fourth-order valence-corrected chi connectivity index (χ4v) is 3.78. The Bertz CT molecular complexity index is 956. The number of hydrogen-bond acceptors (Lipinski definition) is 2. The number of rotatable bonds is 3. The summed E-state index contributed by atoms with van der Waals surface area (Å²) in [5.74, 6) is 0. The lowest BCUT2D eigenvalue weighted by Gasteiger charge is -2.25. The number of nitrogens with zero attached hydrogens (tertiary/aromatic N) is 2. The van der Waals surface area contributed by atoms with E-state index < -0.39 is 0 Å². The summed E-state index contributed by atoms with van der Waals surface area (Å²) in [6.07, 6.45) is 0.800. The first-order chi connectivity index (χ1) is 12.6. The largest absolute Gasteiger partial charge is 0.256 e. The Morgan fingerprint density at radius 3 is 2.38 bits per heavy atom. The lowest BCUT2D eigenvalue weighted by Crippen LogP contribution is -2.18. The molecule has 2 nitrogen and oxygen atoms in total. The molecule has 0 aromatic heterocycles. The second-order valence-corrected chi connectivity index (χ2v) is 7.88. The highest BCUT2D eigenvalue weighted by Gasteiger charge is 2.31. The molecule has 1 heterocycles. The van der Waals surface area contributed by atoms with Gasteiger partial charge in [0.1, 0.15) is 0 Å². The number of halogens is 3. The van der Waals surface area contributed by atoms with Crippen LogP contribution in [0.5, 0.6) is 0 Å². The Morgan fingerprint density at radius 2 is 1.65 bits per heavy atom. The Balaban J connectivity index is 1.79. The summed E-state index contributed by atoms with van der Waals surface area (Å²) >= 11 is 16.2. The van der Waals surface area contributed by atoms with E-state index in [9.17, 15) is 0 Å². The summed E-state index contributed by atoms with van der Waals surface area (Å²) in [6, 6.07) is 24.1. The maximum Gasteiger partial charge on any atom is 0.0832 e. The normalized spacial score (nSPS) is 16.7. The predicted octanol–water partition coefficient (Wildman–Crippen LogP) is 7.11. The van der Waals surface area contributed by atoms with Gasteiger partial charge in [-0.3, -0.25) is 5.01 Å². The van der Waals surface area contributed by atoms with Crippen LogP contribution in [0.1, 0.15) is 23.6 Å². The monoisotopic (exact) mass is 444 g/mol. The first kappa shape index (κ1) is 17.6. The third kappa shape index (κ3) is 3.52. The molecule has 0 saturated carbocycles. The average Bonchev–Trinajstić information content (AvgIpc) is 3.10. The lowest BCUT2D eigenvalue weighted by atomic mass is 9.98. The van der Waals surface area contributed by atoms with Crippen LogP contribution < -0.4 is 5.01 Å². The van der Waals surface area contributed by atoms with E-state index in [1.807, 2.05) is 47.5 Å². The van der Waals surface area contributed by atoms with Crippen molar-refractivity contribution in [1.82, 2.24) is 0 Å². The van der Waals surface area contributed by atoms with Crippen molar-refractivity contribution in [2.75, 3.05) is 5.01 Å². The molecule has 0 fully saturated rings. The van der Waals surface area contributed by atoms with Gasteiger partial charge in [0.2, 0.25) is 0 Å². The van der Waals surface area contributed by atoms with Crippen LogP contribution in [0, 0.1) is 0 Å². The van der Waals surface area contributed by atoms with Crippen LogP contribution in [0.2, 0.25) is 10.0 Å². The Labute approximate surface area is 171 Å².